The van der Waals surface area contributed by atoms with Crippen LogP contribution in [-0.2, 0) is 4.74 Å². The van der Waals surface area contributed by atoms with E-state index in [9.17, 15) is 4.79 Å². The number of nitrogens with zero attached hydrogens (tertiary/aromatic N) is 2. The Labute approximate surface area is 190 Å². The van der Waals surface area contributed by atoms with Crippen molar-refractivity contribution < 1.29 is 19.0 Å². The number of para-hydroxylation sites is 2. The minimum absolute atomic E-state index is 0.0494. The average Bonchev–Trinajstić information content (AvgIpc) is 3.21. The lowest BCUT2D eigenvalue weighted by Gasteiger charge is -2.35. The summed E-state index contributed by atoms with van der Waals surface area (Å²) >= 11 is 0. The molecule has 32 heavy (non-hydrogen) atoms. The van der Waals surface area contributed by atoms with Crippen LogP contribution in [0.3, 0.4) is 0 Å². The summed E-state index contributed by atoms with van der Waals surface area (Å²) in [5.74, 6) is 2.43. The third kappa shape index (κ3) is 4.85. The van der Waals surface area contributed by atoms with Gasteiger partial charge >= 0.3 is 6.09 Å². The van der Waals surface area contributed by atoms with Gasteiger partial charge in [-0.1, -0.05) is 42.5 Å². The maximum atomic E-state index is 12.2. The van der Waals surface area contributed by atoms with E-state index < -0.39 is 0 Å². The molecular formula is C26H32N2O4. The fourth-order valence-electron chi connectivity index (χ4n) is 5.10. The second-order valence-electron chi connectivity index (χ2n) is 9.08. The van der Waals surface area contributed by atoms with Gasteiger partial charge < -0.3 is 14.2 Å². The monoisotopic (exact) mass is 436 g/mol. The molecule has 0 N–H and O–H groups in total. The van der Waals surface area contributed by atoms with Crippen molar-refractivity contribution in [2.45, 2.75) is 37.8 Å². The zero-order valence-corrected chi connectivity index (χ0v) is 18.5. The summed E-state index contributed by atoms with van der Waals surface area (Å²) in [5.41, 5.74) is 1.16. The first-order valence-electron chi connectivity index (χ1n) is 11.9. The topological polar surface area (TPSA) is 51.2 Å². The van der Waals surface area contributed by atoms with Gasteiger partial charge in [0.1, 0.15) is 19.3 Å². The number of cyclic esters (lactones) is 1. The minimum atomic E-state index is -0.176. The van der Waals surface area contributed by atoms with Crippen molar-refractivity contribution in [1.82, 2.24) is 9.80 Å². The van der Waals surface area contributed by atoms with Crippen LogP contribution in [0.25, 0.3) is 0 Å². The molecule has 3 aliphatic heterocycles. The van der Waals surface area contributed by atoms with E-state index in [0.717, 1.165) is 62.0 Å². The first-order chi connectivity index (χ1) is 15.8. The first-order valence-corrected chi connectivity index (χ1v) is 11.9. The highest BCUT2D eigenvalue weighted by Gasteiger charge is 2.33. The highest BCUT2D eigenvalue weighted by molar-refractivity contribution is 5.70. The third-order valence-electron chi connectivity index (χ3n) is 6.91. The zero-order chi connectivity index (χ0) is 21.8. The summed E-state index contributed by atoms with van der Waals surface area (Å²) in [4.78, 5) is 16.6. The van der Waals surface area contributed by atoms with Crippen LogP contribution in [0.2, 0.25) is 0 Å². The van der Waals surface area contributed by atoms with E-state index in [-0.39, 0.29) is 18.2 Å². The largest absolute Gasteiger partial charge is 0.486 e. The lowest BCUT2D eigenvalue weighted by atomic mass is 9.92. The maximum Gasteiger partial charge on any atom is 0.410 e. The molecule has 170 valence electrons. The summed E-state index contributed by atoms with van der Waals surface area (Å²) in [6, 6.07) is 18.2. The van der Waals surface area contributed by atoms with Gasteiger partial charge in [-0.3, -0.25) is 9.80 Å². The molecule has 2 aromatic rings. The van der Waals surface area contributed by atoms with Crippen molar-refractivity contribution in [3.63, 3.8) is 0 Å². The molecule has 3 aliphatic rings. The van der Waals surface area contributed by atoms with E-state index in [1.165, 1.54) is 12.8 Å². The van der Waals surface area contributed by atoms with E-state index >= 15 is 0 Å². The van der Waals surface area contributed by atoms with Crippen molar-refractivity contribution in [2.75, 3.05) is 39.4 Å². The molecule has 1 amide bonds. The molecule has 2 atom stereocenters. The number of ether oxygens (including phenoxy) is 3. The molecular weight excluding hydrogens is 404 g/mol. The van der Waals surface area contributed by atoms with Crippen LogP contribution >= 0.6 is 0 Å². The smallest absolute Gasteiger partial charge is 0.410 e. The normalized spacial score (nSPS) is 23.9. The number of carbonyl (C=O) groups is 1. The van der Waals surface area contributed by atoms with Crippen LogP contribution in [0.1, 0.15) is 37.3 Å². The minimum Gasteiger partial charge on any atom is -0.486 e. The van der Waals surface area contributed by atoms with E-state index in [2.05, 4.69) is 17.0 Å². The Bertz CT molecular complexity index is 898. The summed E-state index contributed by atoms with van der Waals surface area (Å²) in [6.45, 7) is 4.96. The first kappa shape index (κ1) is 21.1. The molecule has 0 unspecified atom stereocenters. The molecule has 6 heteroatoms. The van der Waals surface area contributed by atoms with Gasteiger partial charge in [-0.15, -0.1) is 0 Å². The number of benzene rings is 2. The molecule has 0 spiro atoms. The van der Waals surface area contributed by atoms with Crippen LogP contribution in [0, 0.1) is 5.92 Å². The number of carbonyl (C=O) groups excluding carboxylic acids is 1. The fraction of sp³-hybridized carbons (Fsp3) is 0.500. The Hall–Kier alpha value is -2.73. The molecule has 6 nitrogen and oxygen atoms in total. The van der Waals surface area contributed by atoms with Crippen LogP contribution in [0.5, 0.6) is 11.5 Å². The van der Waals surface area contributed by atoms with Crippen LogP contribution in [0.15, 0.2) is 54.6 Å². The highest BCUT2D eigenvalue weighted by Crippen LogP contribution is 2.32. The summed E-state index contributed by atoms with van der Waals surface area (Å²) in [6.07, 6.45) is 4.52. The Morgan fingerprint density at radius 2 is 1.62 bits per heavy atom. The lowest BCUT2D eigenvalue weighted by Crippen LogP contribution is -2.44. The highest BCUT2D eigenvalue weighted by atomic mass is 16.6. The van der Waals surface area contributed by atoms with Gasteiger partial charge in [0.2, 0.25) is 0 Å². The zero-order valence-electron chi connectivity index (χ0n) is 18.5. The summed E-state index contributed by atoms with van der Waals surface area (Å²) in [7, 11) is 0. The van der Waals surface area contributed by atoms with Gasteiger partial charge in [0.25, 0.3) is 0 Å². The third-order valence-corrected chi connectivity index (χ3v) is 6.91. The summed E-state index contributed by atoms with van der Waals surface area (Å²) < 4.78 is 17.3. The molecule has 0 bridgehead atoms. The fourth-order valence-corrected chi connectivity index (χ4v) is 5.10. The van der Waals surface area contributed by atoms with Crippen molar-refractivity contribution in [3.8, 4) is 11.5 Å². The Balaban J connectivity index is 1.04. The van der Waals surface area contributed by atoms with Crippen molar-refractivity contribution in [1.29, 1.82) is 0 Å². The molecule has 0 aliphatic carbocycles. The number of likely N-dealkylation sites (tertiary alicyclic amines) is 1. The van der Waals surface area contributed by atoms with E-state index in [1.807, 2.05) is 47.4 Å². The predicted molar refractivity (Wildman–Crippen MR) is 122 cm³/mol. The van der Waals surface area contributed by atoms with E-state index in [0.29, 0.717) is 13.2 Å². The van der Waals surface area contributed by atoms with Crippen molar-refractivity contribution in [2.24, 2.45) is 5.92 Å². The second-order valence-corrected chi connectivity index (χ2v) is 9.08. The molecule has 2 aromatic carbocycles. The van der Waals surface area contributed by atoms with Gasteiger partial charge in [-0.05, 0) is 62.4 Å². The molecule has 2 fully saturated rings. The van der Waals surface area contributed by atoms with Gasteiger partial charge in [0.05, 0.1) is 6.04 Å². The molecule has 3 heterocycles. The van der Waals surface area contributed by atoms with Gasteiger partial charge in [0.15, 0.2) is 11.5 Å². The van der Waals surface area contributed by atoms with E-state index in [4.69, 9.17) is 14.2 Å². The molecule has 0 radical (unpaired) electrons. The Kier molecular flexibility index (Phi) is 6.49. The van der Waals surface area contributed by atoms with E-state index in [1.54, 1.807) is 0 Å². The number of fused-ring (bicyclic) bond motifs is 1. The number of hydrogen-bond donors (Lipinski definition) is 0. The molecule has 5 rings (SSSR count). The molecule has 0 saturated carbocycles. The van der Waals surface area contributed by atoms with Crippen molar-refractivity contribution >= 4 is 6.09 Å². The Morgan fingerprint density at radius 1 is 0.875 bits per heavy atom. The van der Waals surface area contributed by atoms with Crippen LogP contribution in [-0.4, -0.2) is 61.4 Å². The number of piperidine rings is 1. The number of hydrogen-bond acceptors (Lipinski definition) is 5. The average molecular weight is 437 g/mol. The standard InChI is InChI=1S/C26H32N2O4/c29-26-28(23(19-31-26)21-8-2-1-3-9-21)14-6-7-20-12-15-27(16-13-20)17-22-18-30-24-10-4-5-11-25(24)32-22/h1-5,8-11,20,22-23H,6-7,12-19H2/t22-,23-/m0/s1. The number of rotatable bonds is 7. The number of amides is 1. The predicted octanol–water partition coefficient (Wildman–Crippen LogP) is 4.51. The maximum absolute atomic E-state index is 12.2. The summed E-state index contributed by atoms with van der Waals surface area (Å²) in [5, 5.41) is 0. The van der Waals surface area contributed by atoms with Crippen molar-refractivity contribution in [3.05, 3.63) is 60.2 Å². The lowest BCUT2D eigenvalue weighted by molar-refractivity contribution is 0.0469. The Morgan fingerprint density at radius 3 is 2.44 bits per heavy atom. The van der Waals surface area contributed by atoms with Gasteiger partial charge in [-0.2, -0.15) is 0 Å². The van der Waals surface area contributed by atoms with Gasteiger partial charge in [-0.25, -0.2) is 4.79 Å². The second kappa shape index (κ2) is 9.82. The van der Waals surface area contributed by atoms with Crippen LogP contribution in [0.4, 0.5) is 4.79 Å². The molecule has 2 saturated heterocycles. The van der Waals surface area contributed by atoms with Crippen LogP contribution < -0.4 is 9.47 Å². The SMILES string of the molecule is O=C1OC[C@@H](c2ccccc2)N1CCCC1CCN(C[C@H]2COc3ccccc3O2)CC1. The molecule has 0 aromatic heterocycles. The van der Waals surface area contributed by atoms with Gasteiger partial charge in [0, 0.05) is 13.1 Å². The quantitative estimate of drug-likeness (QED) is 0.639.